The van der Waals surface area contributed by atoms with Crippen LogP contribution in [0.25, 0.3) is 0 Å². The summed E-state index contributed by atoms with van der Waals surface area (Å²) in [6.45, 7) is 0.283. The smallest absolute Gasteiger partial charge is 0.240 e. The Labute approximate surface area is 63.4 Å². The molecule has 0 unspecified atom stereocenters. The van der Waals surface area contributed by atoms with Crippen LogP contribution in [0.3, 0.4) is 0 Å². The molecule has 62 valence electrons. The number of unbranched alkanes of at least 4 members (excludes halogenated alkanes) is 1. The molecule has 0 spiro atoms. The maximum Gasteiger partial charge on any atom is 0.240 e. The lowest BCUT2D eigenvalue weighted by Gasteiger charge is -1.97. The number of aryl methyl sites for hydroxylation is 1. The van der Waals surface area contributed by atoms with Crippen LogP contribution >= 0.6 is 0 Å². The van der Waals surface area contributed by atoms with E-state index in [1.165, 1.54) is 4.68 Å². The van der Waals surface area contributed by atoms with E-state index in [0.717, 1.165) is 0 Å². The maximum atomic E-state index is 11.6. The highest BCUT2D eigenvalue weighted by atomic mass is 19.1. The quantitative estimate of drug-likeness (QED) is 0.628. The standard InChI is InChI=1S/C5H10FN5/c6-3-1-2-4-11-5(7)8-9-10-11/h1-4H2,(H2,7,8,10). The Bertz CT molecular complexity index is 210. The summed E-state index contributed by atoms with van der Waals surface area (Å²) in [6, 6.07) is 0. The van der Waals surface area contributed by atoms with Crippen molar-refractivity contribution >= 4 is 5.95 Å². The Morgan fingerprint density at radius 2 is 2.27 bits per heavy atom. The SMILES string of the molecule is Nc1nnnn1CCCCF. The predicted molar refractivity (Wildman–Crippen MR) is 37.4 cm³/mol. The predicted octanol–water partition coefficient (Wildman–Crippen LogP) is 0.00500. The second-order valence-electron chi connectivity index (χ2n) is 2.16. The molecule has 0 aliphatic carbocycles. The molecule has 0 radical (unpaired) electrons. The molecule has 0 aliphatic rings. The first-order valence-corrected chi connectivity index (χ1v) is 3.42. The van der Waals surface area contributed by atoms with Crippen LogP contribution in [0.4, 0.5) is 10.3 Å². The van der Waals surface area contributed by atoms with Gasteiger partial charge in [0.1, 0.15) is 0 Å². The van der Waals surface area contributed by atoms with E-state index in [1.54, 1.807) is 0 Å². The highest BCUT2D eigenvalue weighted by Crippen LogP contribution is 1.97. The van der Waals surface area contributed by atoms with Crippen molar-refractivity contribution in [1.29, 1.82) is 0 Å². The first-order chi connectivity index (χ1) is 5.34. The van der Waals surface area contributed by atoms with Crippen molar-refractivity contribution in [2.45, 2.75) is 19.4 Å². The summed E-state index contributed by atoms with van der Waals surface area (Å²) < 4.78 is 13.1. The van der Waals surface area contributed by atoms with Crippen LogP contribution < -0.4 is 5.73 Å². The molecule has 11 heavy (non-hydrogen) atoms. The van der Waals surface area contributed by atoms with Crippen LogP contribution in [0, 0.1) is 0 Å². The number of nitrogens with zero attached hydrogens (tertiary/aromatic N) is 4. The van der Waals surface area contributed by atoms with Gasteiger partial charge in [0.05, 0.1) is 6.67 Å². The third kappa shape index (κ3) is 2.14. The van der Waals surface area contributed by atoms with E-state index in [-0.39, 0.29) is 12.6 Å². The number of alkyl halides is 1. The molecule has 1 aromatic rings. The average molecular weight is 159 g/mol. The zero-order chi connectivity index (χ0) is 8.10. The van der Waals surface area contributed by atoms with Gasteiger partial charge in [-0.1, -0.05) is 5.10 Å². The van der Waals surface area contributed by atoms with E-state index in [9.17, 15) is 4.39 Å². The summed E-state index contributed by atoms with van der Waals surface area (Å²) >= 11 is 0. The molecule has 0 saturated carbocycles. The molecule has 0 aromatic carbocycles. The summed E-state index contributed by atoms with van der Waals surface area (Å²) in [5.41, 5.74) is 5.36. The van der Waals surface area contributed by atoms with Crippen LogP contribution in [0.15, 0.2) is 0 Å². The second-order valence-corrected chi connectivity index (χ2v) is 2.16. The lowest BCUT2D eigenvalue weighted by atomic mass is 10.3. The zero-order valence-electron chi connectivity index (χ0n) is 6.07. The largest absolute Gasteiger partial charge is 0.367 e. The molecule has 0 saturated heterocycles. The number of hydrogen-bond acceptors (Lipinski definition) is 4. The van der Waals surface area contributed by atoms with Gasteiger partial charge in [0, 0.05) is 6.54 Å². The van der Waals surface area contributed by atoms with Gasteiger partial charge in [0.25, 0.3) is 0 Å². The van der Waals surface area contributed by atoms with Gasteiger partial charge in [-0.2, -0.15) is 0 Å². The number of hydrogen-bond donors (Lipinski definition) is 1. The third-order valence-corrected chi connectivity index (χ3v) is 1.31. The Kier molecular flexibility index (Phi) is 2.76. The first kappa shape index (κ1) is 7.90. The van der Waals surface area contributed by atoms with Crippen molar-refractivity contribution in [1.82, 2.24) is 20.2 Å². The molecule has 6 heteroatoms. The van der Waals surface area contributed by atoms with E-state index in [4.69, 9.17) is 5.73 Å². The van der Waals surface area contributed by atoms with Crippen LogP contribution in [0.1, 0.15) is 12.8 Å². The van der Waals surface area contributed by atoms with Crippen molar-refractivity contribution in [2.75, 3.05) is 12.4 Å². The maximum absolute atomic E-state index is 11.6. The van der Waals surface area contributed by atoms with Crippen LogP contribution in [0.2, 0.25) is 0 Å². The number of aromatic nitrogens is 4. The number of anilines is 1. The summed E-state index contributed by atoms with van der Waals surface area (Å²) in [4.78, 5) is 0. The number of nitrogens with two attached hydrogens (primary N) is 1. The first-order valence-electron chi connectivity index (χ1n) is 3.42. The van der Waals surface area contributed by atoms with Gasteiger partial charge in [-0.3, -0.25) is 4.39 Å². The van der Waals surface area contributed by atoms with Crippen LogP contribution in [-0.4, -0.2) is 26.9 Å². The van der Waals surface area contributed by atoms with Crippen molar-refractivity contribution in [3.63, 3.8) is 0 Å². The highest BCUT2D eigenvalue weighted by Gasteiger charge is 1.98. The van der Waals surface area contributed by atoms with Gasteiger partial charge >= 0.3 is 0 Å². The van der Waals surface area contributed by atoms with E-state index in [0.29, 0.717) is 19.4 Å². The summed E-state index contributed by atoms with van der Waals surface area (Å²) in [5.74, 6) is 0.281. The highest BCUT2D eigenvalue weighted by molar-refractivity contribution is 5.09. The van der Waals surface area contributed by atoms with Crippen molar-refractivity contribution in [3.05, 3.63) is 0 Å². The Balaban J connectivity index is 2.32. The topological polar surface area (TPSA) is 69.6 Å². The molecule has 1 aromatic heterocycles. The zero-order valence-corrected chi connectivity index (χ0v) is 6.07. The number of nitrogen functional groups attached to an aromatic ring is 1. The normalized spacial score (nSPS) is 10.3. The lowest BCUT2D eigenvalue weighted by molar-refractivity contribution is 0.438. The Morgan fingerprint density at radius 1 is 1.45 bits per heavy atom. The Morgan fingerprint density at radius 3 is 2.82 bits per heavy atom. The van der Waals surface area contributed by atoms with E-state index in [2.05, 4.69) is 15.5 Å². The van der Waals surface area contributed by atoms with Gasteiger partial charge < -0.3 is 5.73 Å². The molecular formula is C5H10FN5. The molecule has 1 rings (SSSR count). The summed E-state index contributed by atoms with van der Waals surface area (Å²) in [7, 11) is 0. The molecular weight excluding hydrogens is 149 g/mol. The Hall–Kier alpha value is -1.20. The molecule has 0 amide bonds. The van der Waals surface area contributed by atoms with Gasteiger partial charge in [-0.25, -0.2) is 4.68 Å². The number of rotatable bonds is 4. The molecule has 1 heterocycles. The number of halogens is 1. The van der Waals surface area contributed by atoms with Gasteiger partial charge in [0.2, 0.25) is 5.95 Å². The van der Waals surface area contributed by atoms with Crippen molar-refractivity contribution < 1.29 is 4.39 Å². The fraction of sp³-hybridized carbons (Fsp3) is 0.800. The minimum absolute atomic E-state index is 0.281. The lowest BCUT2D eigenvalue weighted by Crippen LogP contribution is -2.05. The molecule has 2 N–H and O–H groups in total. The average Bonchev–Trinajstić information content (AvgIpc) is 2.37. The van der Waals surface area contributed by atoms with Crippen molar-refractivity contribution in [2.24, 2.45) is 0 Å². The van der Waals surface area contributed by atoms with E-state index >= 15 is 0 Å². The molecule has 0 aliphatic heterocycles. The fourth-order valence-corrected chi connectivity index (χ4v) is 0.727. The van der Waals surface area contributed by atoms with Gasteiger partial charge in [-0.15, -0.1) is 0 Å². The van der Waals surface area contributed by atoms with Crippen LogP contribution in [-0.2, 0) is 6.54 Å². The molecule has 0 bridgehead atoms. The number of tetrazole rings is 1. The minimum atomic E-state index is -0.304. The summed E-state index contributed by atoms with van der Waals surface area (Å²) in [5, 5.41) is 10.4. The van der Waals surface area contributed by atoms with E-state index in [1.807, 2.05) is 0 Å². The third-order valence-electron chi connectivity index (χ3n) is 1.31. The molecule has 0 fully saturated rings. The second kappa shape index (κ2) is 3.85. The molecule has 5 nitrogen and oxygen atoms in total. The van der Waals surface area contributed by atoms with Crippen LogP contribution in [0.5, 0.6) is 0 Å². The van der Waals surface area contributed by atoms with Gasteiger partial charge in [-0.05, 0) is 23.3 Å². The van der Waals surface area contributed by atoms with Crippen molar-refractivity contribution in [3.8, 4) is 0 Å². The van der Waals surface area contributed by atoms with E-state index < -0.39 is 0 Å². The monoisotopic (exact) mass is 159 g/mol. The minimum Gasteiger partial charge on any atom is -0.367 e. The van der Waals surface area contributed by atoms with Gasteiger partial charge in [0.15, 0.2) is 0 Å². The summed E-state index contributed by atoms with van der Waals surface area (Å²) in [6.07, 6.45) is 1.24. The fourth-order valence-electron chi connectivity index (χ4n) is 0.727. The molecule has 0 atom stereocenters.